The summed E-state index contributed by atoms with van der Waals surface area (Å²) in [6, 6.07) is 0. The van der Waals surface area contributed by atoms with Gasteiger partial charge in [-0.05, 0) is 161 Å². The van der Waals surface area contributed by atoms with Crippen LogP contribution in [0.25, 0.3) is 0 Å². The van der Waals surface area contributed by atoms with Gasteiger partial charge in [0.1, 0.15) is 19.3 Å². The SMILES string of the molecule is CC/C=C\C/C=C\C/C=C\C/C=C\CCCCCCC(=O)OCC(COP(=O)(O)OCC(O)COP(=O)(O)OCC(COC(=O)CCCCCCCCC/C=C\C/C=C\C/C=C\CC)OC(=O)CCCCCCC/C=C\CCCCCC)OC(=O)CCCC/C=C\C/C=C\C/C=C\C/C=C\CC. The molecule has 17 nitrogen and oxygen atoms in total. The number of phosphoric acid groups is 2. The van der Waals surface area contributed by atoms with Crippen molar-refractivity contribution in [2.45, 2.75) is 316 Å². The number of aliphatic hydroxyl groups excluding tert-OH is 1. The summed E-state index contributed by atoms with van der Waals surface area (Å²) < 4.78 is 68.5. The van der Waals surface area contributed by atoms with E-state index in [2.05, 4.69) is 174 Å². The van der Waals surface area contributed by atoms with E-state index < -0.39 is 97.5 Å². The van der Waals surface area contributed by atoms with E-state index >= 15 is 0 Å². The molecule has 3 N–H and O–H groups in total. The normalized spacial score (nSPS) is 14.7. The van der Waals surface area contributed by atoms with Crippen LogP contribution in [-0.4, -0.2) is 96.7 Å². The molecule has 5 atom stereocenters. The highest BCUT2D eigenvalue weighted by molar-refractivity contribution is 7.47. The highest BCUT2D eigenvalue weighted by Crippen LogP contribution is 2.45. The molecule has 0 aliphatic rings. The van der Waals surface area contributed by atoms with Crippen molar-refractivity contribution in [2.75, 3.05) is 39.6 Å². The van der Waals surface area contributed by atoms with Crippen LogP contribution in [0.5, 0.6) is 0 Å². The van der Waals surface area contributed by atoms with E-state index in [-0.39, 0.29) is 25.7 Å². The van der Waals surface area contributed by atoms with Crippen LogP contribution in [0.2, 0.25) is 0 Å². The molecule has 0 amide bonds. The largest absolute Gasteiger partial charge is 0.472 e. The lowest BCUT2D eigenvalue weighted by Crippen LogP contribution is -2.30. The molecule has 0 aromatic carbocycles. The fourth-order valence-electron chi connectivity index (χ4n) is 9.92. The molecular weight excluding hydrogens is 1330 g/mol. The van der Waals surface area contributed by atoms with Gasteiger partial charge in [0.05, 0.1) is 26.4 Å². The number of hydrogen-bond acceptors (Lipinski definition) is 15. The Morgan fingerprint density at radius 3 is 0.814 bits per heavy atom. The molecule has 0 aliphatic carbocycles. The van der Waals surface area contributed by atoms with Crippen LogP contribution in [0.15, 0.2) is 146 Å². The van der Waals surface area contributed by atoms with Crippen LogP contribution in [-0.2, 0) is 65.4 Å². The summed E-state index contributed by atoms with van der Waals surface area (Å²) in [4.78, 5) is 72.9. The van der Waals surface area contributed by atoms with E-state index in [1.165, 1.54) is 25.7 Å². The minimum absolute atomic E-state index is 0.0326. The standard InChI is InChI=1S/C83H138O17P2/c1-5-9-13-17-21-25-29-33-36-38-41-44-47-51-55-59-63-67-80(85)93-73-78(99-82(87)69-65-61-57-53-49-43-32-28-24-20-16-12-8-4)75-97-101(89,90)95-71-77(84)72-96-102(91,92)98-76-79(100-83(88)70-66-62-58-54-50-46-40-35-31-27-23-19-15-11-7-3)74-94-81(86)68-64-60-56-52-48-45-42-39-37-34-30-26-22-18-14-10-6-2/h9-11,13-15,21-23,25-28,32-37,40,42,45,50,54,77-79,84H,5-8,12,16-20,24,29-31,38-39,41,43-44,46-49,51-53,55-76H2,1-4H3,(H,89,90)(H,91,92)/b13-9-,14-10-,15-11-,25-21-,26-22-,27-23-,32-28-,36-33-,37-34-,40-35-,45-42-,54-50-. The van der Waals surface area contributed by atoms with E-state index in [1.807, 2.05) is 0 Å². The Kier molecular flexibility index (Phi) is 70.5. The lowest BCUT2D eigenvalue weighted by molar-refractivity contribution is -0.161. The van der Waals surface area contributed by atoms with Gasteiger partial charge < -0.3 is 33.8 Å². The van der Waals surface area contributed by atoms with Crippen LogP contribution in [0.3, 0.4) is 0 Å². The summed E-state index contributed by atoms with van der Waals surface area (Å²) >= 11 is 0. The fourth-order valence-corrected chi connectivity index (χ4v) is 11.5. The molecule has 0 bridgehead atoms. The first-order valence-electron chi connectivity index (χ1n) is 39.1. The molecule has 0 saturated carbocycles. The number of phosphoric ester groups is 2. The number of ether oxygens (including phenoxy) is 4. The number of allylic oxidation sites excluding steroid dienone is 24. The van der Waals surface area contributed by atoms with Gasteiger partial charge in [0.15, 0.2) is 12.2 Å². The van der Waals surface area contributed by atoms with Crippen molar-refractivity contribution in [3.63, 3.8) is 0 Å². The summed E-state index contributed by atoms with van der Waals surface area (Å²) in [5.74, 6) is -2.27. The lowest BCUT2D eigenvalue weighted by atomic mass is 10.1. The van der Waals surface area contributed by atoms with E-state index in [1.54, 1.807) is 0 Å². The third-order valence-corrected chi connectivity index (χ3v) is 17.7. The van der Waals surface area contributed by atoms with Crippen molar-refractivity contribution in [1.29, 1.82) is 0 Å². The van der Waals surface area contributed by atoms with Crippen LogP contribution in [0, 0.1) is 0 Å². The molecule has 0 fully saturated rings. The van der Waals surface area contributed by atoms with Crippen molar-refractivity contribution in [2.24, 2.45) is 0 Å². The van der Waals surface area contributed by atoms with Gasteiger partial charge in [0, 0.05) is 25.7 Å². The minimum Gasteiger partial charge on any atom is -0.462 e. The van der Waals surface area contributed by atoms with E-state index in [9.17, 15) is 43.2 Å². The second kappa shape index (κ2) is 74.2. The zero-order valence-electron chi connectivity index (χ0n) is 63.5. The lowest BCUT2D eigenvalue weighted by Gasteiger charge is -2.21. The molecule has 0 heterocycles. The molecule has 0 rings (SSSR count). The van der Waals surface area contributed by atoms with Gasteiger partial charge in [-0.1, -0.05) is 257 Å². The Morgan fingerprint density at radius 1 is 0.284 bits per heavy atom. The molecule has 0 aromatic heterocycles. The number of aliphatic hydroxyl groups is 1. The molecule has 0 radical (unpaired) electrons. The van der Waals surface area contributed by atoms with Gasteiger partial charge in [-0.2, -0.15) is 0 Å². The van der Waals surface area contributed by atoms with Crippen molar-refractivity contribution < 1.29 is 80.2 Å². The fraction of sp³-hybridized carbons (Fsp3) is 0.663. The second-order valence-electron chi connectivity index (χ2n) is 25.5. The Balaban J connectivity index is 5.42. The Bertz CT molecular complexity index is 2510. The number of carbonyl (C=O) groups excluding carboxylic acids is 4. The van der Waals surface area contributed by atoms with Crippen LogP contribution >= 0.6 is 15.6 Å². The number of esters is 4. The Morgan fingerprint density at radius 2 is 0.510 bits per heavy atom. The predicted molar refractivity (Wildman–Crippen MR) is 417 cm³/mol. The molecule has 582 valence electrons. The molecule has 5 unspecified atom stereocenters. The summed E-state index contributed by atoms with van der Waals surface area (Å²) in [5.41, 5.74) is 0. The monoisotopic (exact) mass is 1470 g/mol. The first-order valence-corrected chi connectivity index (χ1v) is 42.1. The third kappa shape index (κ3) is 73.3. The van der Waals surface area contributed by atoms with E-state index in [0.29, 0.717) is 32.1 Å². The number of carbonyl (C=O) groups is 4. The first-order chi connectivity index (χ1) is 49.7. The second-order valence-corrected chi connectivity index (χ2v) is 28.4. The van der Waals surface area contributed by atoms with Crippen LogP contribution < -0.4 is 0 Å². The van der Waals surface area contributed by atoms with Gasteiger partial charge in [-0.15, -0.1) is 0 Å². The summed E-state index contributed by atoms with van der Waals surface area (Å²) in [7, 11) is -9.99. The number of rotatable bonds is 72. The summed E-state index contributed by atoms with van der Waals surface area (Å²) in [6.45, 7) is 4.42. The maximum Gasteiger partial charge on any atom is 0.472 e. The Hall–Kier alpha value is -5.06. The molecular formula is C83H138O17P2. The van der Waals surface area contributed by atoms with Crippen molar-refractivity contribution >= 4 is 39.5 Å². The van der Waals surface area contributed by atoms with Crippen LogP contribution in [0.1, 0.15) is 297 Å². The molecule has 102 heavy (non-hydrogen) atoms. The van der Waals surface area contributed by atoms with Gasteiger partial charge in [-0.3, -0.25) is 37.3 Å². The molecule has 0 spiro atoms. The summed E-state index contributed by atoms with van der Waals surface area (Å²) in [6.07, 6.45) is 84.1. The average molecular weight is 1470 g/mol. The topological polar surface area (TPSA) is 237 Å². The highest BCUT2D eigenvalue weighted by Gasteiger charge is 2.30. The predicted octanol–water partition coefficient (Wildman–Crippen LogP) is 22.7. The zero-order valence-corrected chi connectivity index (χ0v) is 65.3. The highest BCUT2D eigenvalue weighted by atomic mass is 31.2. The quantitative estimate of drug-likeness (QED) is 0.0169. The maximum absolute atomic E-state index is 13.1. The average Bonchev–Trinajstić information content (AvgIpc) is 0.939. The number of hydrogen-bond donors (Lipinski definition) is 3. The molecule has 0 aromatic rings. The van der Waals surface area contributed by atoms with Gasteiger partial charge in [-0.25, -0.2) is 9.13 Å². The van der Waals surface area contributed by atoms with Crippen molar-refractivity contribution in [3.05, 3.63) is 146 Å². The van der Waals surface area contributed by atoms with E-state index in [4.69, 9.17) is 37.0 Å². The van der Waals surface area contributed by atoms with Crippen LogP contribution in [0.4, 0.5) is 0 Å². The molecule has 0 saturated heterocycles. The smallest absolute Gasteiger partial charge is 0.462 e. The van der Waals surface area contributed by atoms with Crippen molar-refractivity contribution in [3.8, 4) is 0 Å². The third-order valence-electron chi connectivity index (χ3n) is 15.8. The van der Waals surface area contributed by atoms with E-state index in [0.717, 1.165) is 186 Å². The minimum atomic E-state index is -5.00. The molecule has 0 aliphatic heterocycles. The van der Waals surface area contributed by atoms with Gasteiger partial charge >= 0.3 is 39.5 Å². The van der Waals surface area contributed by atoms with Gasteiger partial charge in [0.25, 0.3) is 0 Å². The maximum atomic E-state index is 13.1. The zero-order chi connectivity index (χ0) is 74.6. The summed E-state index contributed by atoms with van der Waals surface area (Å²) in [5, 5.41) is 10.6. The number of unbranched alkanes of at least 4 members (excludes halogenated alkanes) is 22. The van der Waals surface area contributed by atoms with Gasteiger partial charge in [0.2, 0.25) is 0 Å². The van der Waals surface area contributed by atoms with Crippen molar-refractivity contribution in [1.82, 2.24) is 0 Å². The Labute approximate surface area is 617 Å². The first kappa shape index (κ1) is 96.9. The molecule has 19 heteroatoms.